The van der Waals surface area contributed by atoms with Crippen LogP contribution >= 0.6 is 0 Å². The molecule has 0 amide bonds. The van der Waals surface area contributed by atoms with Crippen LogP contribution in [0.4, 0.5) is 4.39 Å². The Morgan fingerprint density at radius 3 is 2.52 bits per heavy atom. The number of esters is 1. The molecule has 5 rings (SSSR count). The van der Waals surface area contributed by atoms with Crippen LogP contribution in [0.25, 0.3) is 33.1 Å². The number of pyridine rings is 1. The molecule has 0 aliphatic heterocycles. The van der Waals surface area contributed by atoms with E-state index in [2.05, 4.69) is 15.6 Å². The van der Waals surface area contributed by atoms with E-state index in [9.17, 15) is 9.18 Å². The predicted molar refractivity (Wildman–Crippen MR) is 125 cm³/mol. The van der Waals surface area contributed by atoms with Crippen molar-refractivity contribution in [1.82, 2.24) is 4.98 Å². The Morgan fingerprint density at radius 2 is 1.79 bits per heavy atom. The molecule has 5 nitrogen and oxygen atoms in total. The molecule has 164 valence electrons. The molecule has 0 unspecified atom stereocenters. The van der Waals surface area contributed by atoms with Gasteiger partial charge in [-0.1, -0.05) is 12.1 Å². The van der Waals surface area contributed by atoms with E-state index in [0.29, 0.717) is 12.1 Å². The van der Waals surface area contributed by atoms with Gasteiger partial charge in [0.05, 0.1) is 19.8 Å². The summed E-state index contributed by atoms with van der Waals surface area (Å²) in [6.07, 6.45) is 2.00. The summed E-state index contributed by atoms with van der Waals surface area (Å²) in [6, 6.07) is 21.9. The van der Waals surface area contributed by atoms with Gasteiger partial charge < -0.3 is 14.5 Å². The first-order valence-electron chi connectivity index (χ1n) is 10.5. The van der Waals surface area contributed by atoms with Crippen molar-refractivity contribution in [2.24, 2.45) is 0 Å². The molecule has 0 bridgehead atoms. The highest BCUT2D eigenvalue weighted by Crippen LogP contribution is 2.33. The van der Waals surface area contributed by atoms with Crippen molar-refractivity contribution in [3.05, 3.63) is 95.9 Å². The molecule has 1 N–H and O–H groups in total. The summed E-state index contributed by atoms with van der Waals surface area (Å²) in [5, 5.41) is 2.10. The quantitative estimate of drug-likeness (QED) is 0.299. The van der Waals surface area contributed by atoms with Gasteiger partial charge in [-0.05, 0) is 54.6 Å². The van der Waals surface area contributed by atoms with Crippen molar-refractivity contribution in [2.75, 3.05) is 14.2 Å². The maximum Gasteiger partial charge on any atom is 0.337 e. The fourth-order valence-corrected chi connectivity index (χ4v) is 4.22. The monoisotopic (exact) mass is 441 g/mol. The summed E-state index contributed by atoms with van der Waals surface area (Å²) >= 11 is 0. The van der Waals surface area contributed by atoms with E-state index in [1.54, 1.807) is 25.3 Å². The van der Waals surface area contributed by atoms with Crippen LogP contribution in [0, 0.1) is 5.82 Å². The van der Waals surface area contributed by atoms with Gasteiger partial charge in [-0.3, -0.25) is 0 Å². The third-order valence-corrected chi connectivity index (χ3v) is 5.81. The molecular formula is C27H22FN2O3+. The van der Waals surface area contributed by atoms with E-state index in [0.717, 1.165) is 44.4 Å². The molecule has 2 heterocycles. The van der Waals surface area contributed by atoms with Gasteiger partial charge >= 0.3 is 5.97 Å². The maximum atomic E-state index is 13.8. The summed E-state index contributed by atoms with van der Waals surface area (Å²) in [5.74, 6) is 0.129. The molecule has 5 aromatic rings. The Balaban J connectivity index is 1.73. The van der Waals surface area contributed by atoms with Crippen LogP contribution in [0.2, 0.25) is 0 Å². The molecule has 3 aromatic carbocycles. The predicted octanol–water partition coefficient (Wildman–Crippen LogP) is 5.26. The van der Waals surface area contributed by atoms with Crippen LogP contribution in [0.15, 0.2) is 79.0 Å². The summed E-state index contributed by atoms with van der Waals surface area (Å²) in [4.78, 5) is 15.5. The van der Waals surface area contributed by atoms with Crippen LogP contribution in [0.1, 0.15) is 15.9 Å². The number of carbonyl (C=O) groups excluding carboxylic acids is 1. The highest BCUT2D eigenvalue weighted by atomic mass is 19.1. The normalized spacial score (nSPS) is 11.1. The second-order valence-corrected chi connectivity index (χ2v) is 7.82. The average molecular weight is 441 g/mol. The largest absolute Gasteiger partial charge is 0.497 e. The third kappa shape index (κ3) is 3.80. The lowest BCUT2D eigenvalue weighted by molar-refractivity contribution is -0.676. The minimum absolute atomic E-state index is 0.268. The number of fused-ring (bicyclic) bond motifs is 3. The SMILES string of the molecule is COC(=O)c1ccc(-c2c3[nH]c4ccc(OC)cc4c3cc[n+]2Cc2cccc(F)c2)cc1. The molecule has 0 saturated carbocycles. The van der Waals surface area contributed by atoms with Gasteiger partial charge in [-0.2, -0.15) is 4.57 Å². The molecular weight excluding hydrogens is 419 g/mol. The molecule has 0 radical (unpaired) electrons. The number of carbonyl (C=O) groups is 1. The first-order chi connectivity index (χ1) is 16.1. The van der Waals surface area contributed by atoms with E-state index in [4.69, 9.17) is 9.47 Å². The molecule has 0 saturated heterocycles. The number of benzene rings is 3. The fraction of sp³-hybridized carbons (Fsp3) is 0.111. The van der Waals surface area contributed by atoms with Crippen molar-refractivity contribution in [3.63, 3.8) is 0 Å². The number of ether oxygens (including phenoxy) is 2. The topological polar surface area (TPSA) is 55.2 Å². The zero-order valence-corrected chi connectivity index (χ0v) is 18.3. The third-order valence-electron chi connectivity index (χ3n) is 5.81. The van der Waals surface area contributed by atoms with Crippen LogP contribution < -0.4 is 9.30 Å². The van der Waals surface area contributed by atoms with Gasteiger partial charge in [0.25, 0.3) is 0 Å². The molecule has 0 aliphatic rings. The van der Waals surface area contributed by atoms with Gasteiger partial charge in [0.2, 0.25) is 5.69 Å². The number of nitrogens with one attached hydrogen (secondary N) is 1. The second kappa shape index (κ2) is 8.39. The number of methoxy groups -OCH3 is 2. The van der Waals surface area contributed by atoms with Crippen molar-refractivity contribution < 1.29 is 23.2 Å². The van der Waals surface area contributed by atoms with Gasteiger partial charge in [0.15, 0.2) is 12.7 Å². The molecule has 0 atom stereocenters. The molecule has 33 heavy (non-hydrogen) atoms. The highest BCUT2D eigenvalue weighted by molar-refractivity contribution is 6.10. The van der Waals surface area contributed by atoms with E-state index in [1.807, 2.05) is 42.6 Å². The summed E-state index contributed by atoms with van der Waals surface area (Å²) in [7, 11) is 3.01. The van der Waals surface area contributed by atoms with Crippen molar-refractivity contribution in [2.45, 2.75) is 6.54 Å². The molecule has 0 spiro atoms. The van der Waals surface area contributed by atoms with Crippen LogP contribution in [-0.4, -0.2) is 25.2 Å². The van der Waals surface area contributed by atoms with E-state index in [-0.39, 0.29) is 11.8 Å². The zero-order chi connectivity index (χ0) is 22.9. The maximum absolute atomic E-state index is 13.8. The Hall–Kier alpha value is -4.19. The van der Waals surface area contributed by atoms with Gasteiger partial charge in [0.1, 0.15) is 17.1 Å². The number of halogens is 1. The Bertz CT molecular complexity index is 1490. The van der Waals surface area contributed by atoms with Gasteiger partial charge in [-0.25, -0.2) is 9.18 Å². The lowest BCUT2D eigenvalue weighted by atomic mass is 10.0. The smallest absolute Gasteiger partial charge is 0.337 e. The van der Waals surface area contributed by atoms with Gasteiger partial charge in [0, 0.05) is 33.5 Å². The first kappa shape index (κ1) is 20.7. The average Bonchev–Trinajstić information content (AvgIpc) is 3.21. The summed E-state index contributed by atoms with van der Waals surface area (Å²) in [6.45, 7) is 0.487. The Labute approximate surface area is 190 Å². The second-order valence-electron chi connectivity index (χ2n) is 7.82. The number of aromatic amines is 1. The molecule has 0 aliphatic carbocycles. The van der Waals surface area contributed by atoms with Crippen LogP contribution in [0.3, 0.4) is 0 Å². The fourth-order valence-electron chi connectivity index (χ4n) is 4.22. The number of hydrogen-bond acceptors (Lipinski definition) is 3. The van der Waals surface area contributed by atoms with E-state index >= 15 is 0 Å². The summed E-state index contributed by atoms with van der Waals surface area (Å²) in [5.41, 5.74) is 5.12. The Morgan fingerprint density at radius 1 is 0.970 bits per heavy atom. The van der Waals surface area contributed by atoms with E-state index < -0.39 is 0 Å². The number of H-pyrrole nitrogens is 1. The lowest BCUT2D eigenvalue weighted by Crippen LogP contribution is -2.36. The number of hydrogen-bond donors (Lipinski definition) is 1. The van der Waals surface area contributed by atoms with Crippen molar-refractivity contribution >= 4 is 27.8 Å². The molecule has 2 aromatic heterocycles. The number of nitrogens with zero attached hydrogens (tertiary/aromatic N) is 1. The number of rotatable bonds is 5. The minimum atomic E-state index is -0.384. The molecule has 6 heteroatoms. The lowest BCUT2D eigenvalue weighted by Gasteiger charge is -2.07. The van der Waals surface area contributed by atoms with Crippen LogP contribution in [-0.2, 0) is 11.3 Å². The van der Waals surface area contributed by atoms with Gasteiger partial charge in [-0.15, -0.1) is 0 Å². The van der Waals surface area contributed by atoms with Crippen molar-refractivity contribution in [1.29, 1.82) is 0 Å². The first-order valence-corrected chi connectivity index (χ1v) is 10.5. The zero-order valence-electron chi connectivity index (χ0n) is 18.3. The molecule has 0 fully saturated rings. The highest BCUT2D eigenvalue weighted by Gasteiger charge is 2.22. The summed E-state index contributed by atoms with van der Waals surface area (Å²) < 4.78 is 26.2. The Kier molecular flexibility index (Phi) is 5.26. The van der Waals surface area contributed by atoms with Crippen molar-refractivity contribution in [3.8, 4) is 17.0 Å². The standard InChI is InChI=1S/C27H21FN2O3/c1-32-21-10-11-24-23(15-21)22-12-13-30(16-17-4-3-5-20(28)14-17)26(25(22)29-24)18-6-8-19(9-7-18)27(31)33-2/h3-15H,16H2,1-2H3/p+1. The minimum Gasteiger partial charge on any atom is -0.497 e. The van der Waals surface area contributed by atoms with Crippen LogP contribution in [0.5, 0.6) is 5.75 Å². The van der Waals surface area contributed by atoms with E-state index in [1.165, 1.54) is 19.2 Å². The number of aromatic nitrogens is 2.